The number of carbonyl (C=O) groups excluding carboxylic acids is 3. The molecule has 0 aliphatic rings. The van der Waals surface area contributed by atoms with Crippen LogP contribution in [0.15, 0.2) is 18.2 Å². The molecule has 1 aromatic carbocycles. The zero-order chi connectivity index (χ0) is 23.3. The van der Waals surface area contributed by atoms with E-state index < -0.39 is 35.5 Å². The van der Waals surface area contributed by atoms with Gasteiger partial charge in [-0.05, 0) is 53.7 Å². The first-order valence-corrected chi connectivity index (χ1v) is 10.1. The monoisotopic (exact) mass is 436 g/mol. The topological polar surface area (TPSA) is 95.9 Å². The van der Waals surface area contributed by atoms with Crippen LogP contribution in [0.25, 0.3) is 10.9 Å². The van der Waals surface area contributed by atoms with E-state index in [2.05, 4.69) is 5.32 Å². The number of nitrogens with one attached hydrogen (secondary N) is 1. The number of rotatable bonds is 7. The van der Waals surface area contributed by atoms with Gasteiger partial charge in [-0.3, -0.25) is 0 Å². The fraction of sp³-hybridized carbons (Fsp3) is 0.500. The van der Waals surface area contributed by atoms with Crippen LogP contribution in [0.2, 0.25) is 0 Å². The normalized spacial score (nSPS) is 12.4. The highest BCUT2D eigenvalue weighted by Crippen LogP contribution is 2.29. The molecular weight excluding hydrogens is 407 g/mol. The Kier molecular flexibility index (Phi) is 7.65. The first kappa shape index (κ1) is 24.2. The molecule has 0 spiro atoms. The van der Waals surface area contributed by atoms with E-state index in [0.29, 0.717) is 5.39 Å². The standard InChI is InChI=1S/C22H29FN2O6/c1-7-29-19(26)15-10-9-14-11-16(20(27)30-8-2)25(18(14)17(15)23)13(3)12-24-21(28)31-22(4,5)6/h9-11,13H,7-8,12H2,1-6H3,(H,24,28)/t13-/m1/s1. The molecule has 8 nitrogen and oxygen atoms in total. The minimum Gasteiger partial charge on any atom is -0.462 e. The summed E-state index contributed by atoms with van der Waals surface area (Å²) < 4.78 is 32.0. The van der Waals surface area contributed by atoms with Crippen LogP contribution in [-0.2, 0) is 14.2 Å². The fourth-order valence-electron chi connectivity index (χ4n) is 3.10. The molecule has 1 atom stereocenters. The lowest BCUT2D eigenvalue weighted by Crippen LogP contribution is -2.35. The summed E-state index contributed by atoms with van der Waals surface area (Å²) >= 11 is 0. The molecule has 0 aliphatic carbocycles. The summed E-state index contributed by atoms with van der Waals surface area (Å²) in [6, 6.07) is 3.79. The van der Waals surface area contributed by atoms with Crippen molar-refractivity contribution in [1.82, 2.24) is 9.88 Å². The molecule has 0 radical (unpaired) electrons. The van der Waals surface area contributed by atoms with Crippen LogP contribution in [-0.4, -0.2) is 48.0 Å². The van der Waals surface area contributed by atoms with Crippen LogP contribution in [0, 0.1) is 5.82 Å². The van der Waals surface area contributed by atoms with Crippen LogP contribution < -0.4 is 5.32 Å². The Labute approximate surface area is 180 Å². The number of nitrogens with zero attached hydrogens (tertiary/aromatic N) is 1. The maximum Gasteiger partial charge on any atom is 0.407 e. The molecule has 1 amide bonds. The summed E-state index contributed by atoms with van der Waals surface area (Å²) in [5.74, 6) is -2.25. The van der Waals surface area contributed by atoms with E-state index in [1.165, 1.54) is 22.8 Å². The van der Waals surface area contributed by atoms with Gasteiger partial charge in [0.15, 0.2) is 5.82 Å². The number of esters is 2. The molecule has 1 aromatic heterocycles. The van der Waals surface area contributed by atoms with Gasteiger partial charge in [0.25, 0.3) is 0 Å². The number of fused-ring (bicyclic) bond motifs is 1. The average Bonchev–Trinajstić information content (AvgIpc) is 3.06. The summed E-state index contributed by atoms with van der Waals surface area (Å²) in [5.41, 5.74) is -0.761. The SMILES string of the molecule is CCOC(=O)c1ccc2cc(C(=O)OCC)n([C@H](C)CNC(=O)OC(C)(C)C)c2c1F. The van der Waals surface area contributed by atoms with Crippen molar-refractivity contribution in [3.8, 4) is 0 Å². The predicted octanol–water partition coefficient (Wildman–Crippen LogP) is 4.22. The summed E-state index contributed by atoms with van der Waals surface area (Å²) in [6.45, 7) is 10.5. The molecule has 0 saturated carbocycles. The Balaban J connectivity index is 2.50. The second-order valence-corrected chi connectivity index (χ2v) is 7.94. The number of alkyl carbamates (subject to hydrolysis) is 1. The summed E-state index contributed by atoms with van der Waals surface area (Å²) in [5, 5.41) is 3.03. The van der Waals surface area contributed by atoms with Crippen LogP contribution in [0.3, 0.4) is 0 Å². The molecule has 0 aliphatic heterocycles. The second-order valence-electron chi connectivity index (χ2n) is 7.94. The largest absolute Gasteiger partial charge is 0.462 e. The van der Waals surface area contributed by atoms with Gasteiger partial charge in [-0.25, -0.2) is 18.8 Å². The summed E-state index contributed by atoms with van der Waals surface area (Å²) in [6.07, 6.45) is -0.638. The molecule has 170 valence electrons. The number of hydrogen-bond donors (Lipinski definition) is 1. The molecule has 0 unspecified atom stereocenters. The quantitative estimate of drug-likeness (QED) is 0.516. The number of aromatic nitrogens is 1. The van der Waals surface area contributed by atoms with E-state index in [1.807, 2.05) is 0 Å². The van der Waals surface area contributed by atoms with E-state index in [9.17, 15) is 14.4 Å². The molecule has 31 heavy (non-hydrogen) atoms. The van der Waals surface area contributed by atoms with Gasteiger partial charge in [0.05, 0.1) is 24.3 Å². The number of halogens is 1. The van der Waals surface area contributed by atoms with E-state index in [0.717, 1.165) is 0 Å². The Morgan fingerprint density at radius 2 is 1.71 bits per heavy atom. The highest BCUT2D eigenvalue weighted by atomic mass is 19.1. The minimum atomic E-state index is -0.810. The van der Waals surface area contributed by atoms with E-state index >= 15 is 4.39 Å². The number of hydrogen-bond acceptors (Lipinski definition) is 6. The van der Waals surface area contributed by atoms with Gasteiger partial charge in [0.2, 0.25) is 0 Å². The molecule has 1 N–H and O–H groups in total. The molecule has 0 fully saturated rings. The first-order valence-electron chi connectivity index (χ1n) is 10.1. The Morgan fingerprint density at radius 1 is 1.10 bits per heavy atom. The molecule has 1 heterocycles. The van der Waals surface area contributed by atoms with Gasteiger partial charge in [0.1, 0.15) is 11.3 Å². The second kappa shape index (κ2) is 9.80. The van der Waals surface area contributed by atoms with E-state index in [-0.39, 0.29) is 36.5 Å². The Morgan fingerprint density at radius 3 is 2.29 bits per heavy atom. The molecule has 0 bridgehead atoms. The van der Waals surface area contributed by atoms with Gasteiger partial charge < -0.3 is 24.1 Å². The van der Waals surface area contributed by atoms with Crippen LogP contribution >= 0.6 is 0 Å². The van der Waals surface area contributed by atoms with E-state index in [1.54, 1.807) is 41.5 Å². The van der Waals surface area contributed by atoms with Crippen molar-refractivity contribution in [3.63, 3.8) is 0 Å². The van der Waals surface area contributed by atoms with Crippen LogP contribution in [0.1, 0.15) is 68.4 Å². The number of amides is 1. The highest BCUT2D eigenvalue weighted by molar-refractivity contribution is 5.99. The van der Waals surface area contributed by atoms with Crippen LogP contribution in [0.4, 0.5) is 9.18 Å². The molecule has 0 saturated heterocycles. The molecular formula is C22H29FN2O6. The van der Waals surface area contributed by atoms with Gasteiger partial charge >= 0.3 is 18.0 Å². The van der Waals surface area contributed by atoms with Gasteiger partial charge in [-0.1, -0.05) is 6.07 Å². The van der Waals surface area contributed by atoms with Crippen molar-refractivity contribution in [2.75, 3.05) is 19.8 Å². The molecule has 9 heteroatoms. The minimum absolute atomic E-state index is 0.0482. The third kappa shape index (κ3) is 5.74. The van der Waals surface area contributed by atoms with Crippen molar-refractivity contribution in [2.24, 2.45) is 0 Å². The first-order chi connectivity index (χ1) is 14.5. The van der Waals surface area contributed by atoms with Crippen molar-refractivity contribution in [1.29, 1.82) is 0 Å². The van der Waals surface area contributed by atoms with Crippen molar-refractivity contribution < 1.29 is 33.0 Å². The summed E-state index contributed by atoms with van der Waals surface area (Å²) in [7, 11) is 0. The Hall–Kier alpha value is -3.10. The maximum atomic E-state index is 15.4. The maximum absolute atomic E-state index is 15.4. The fourth-order valence-corrected chi connectivity index (χ4v) is 3.10. The smallest absolute Gasteiger partial charge is 0.407 e. The zero-order valence-electron chi connectivity index (χ0n) is 18.7. The highest BCUT2D eigenvalue weighted by Gasteiger charge is 2.26. The lowest BCUT2D eigenvalue weighted by Gasteiger charge is -2.22. The number of ether oxygens (including phenoxy) is 3. The van der Waals surface area contributed by atoms with Crippen molar-refractivity contribution in [3.05, 3.63) is 35.3 Å². The summed E-state index contributed by atoms with van der Waals surface area (Å²) in [4.78, 5) is 36.7. The number of carbonyl (C=O) groups is 3. The lowest BCUT2D eigenvalue weighted by molar-refractivity contribution is 0.0504. The molecule has 2 rings (SSSR count). The van der Waals surface area contributed by atoms with Gasteiger partial charge in [0, 0.05) is 18.0 Å². The lowest BCUT2D eigenvalue weighted by atomic mass is 10.1. The van der Waals surface area contributed by atoms with Gasteiger partial charge in [-0.15, -0.1) is 0 Å². The van der Waals surface area contributed by atoms with Crippen molar-refractivity contribution >= 4 is 28.9 Å². The van der Waals surface area contributed by atoms with Crippen LogP contribution in [0.5, 0.6) is 0 Å². The Bertz CT molecular complexity index is 977. The third-order valence-electron chi connectivity index (χ3n) is 4.30. The van der Waals surface area contributed by atoms with Crippen molar-refractivity contribution in [2.45, 2.75) is 53.2 Å². The predicted molar refractivity (Wildman–Crippen MR) is 113 cm³/mol. The third-order valence-corrected chi connectivity index (χ3v) is 4.30. The van der Waals surface area contributed by atoms with E-state index in [4.69, 9.17) is 14.2 Å². The zero-order valence-corrected chi connectivity index (χ0v) is 18.7. The van der Waals surface area contributed by atoms with Gasteiger partial charge in [-0.2, -0.15) is 0 Å². The molecule has 2 aromatic rings. The average molecular weight is 436 g/mol. The number of benzene rings is 1.